The number of ketones is 1. The number of benzene rings is 1. The first-order chi connectivity index (χ1) is 9.40. The molecule has 3 nitrogen and oxygen atoms in total. The van der Waals surface area contributed by atoms with Crippen LogP contribution in [0.2, 0.25) is 0 Å². The predicted molar refractivity (Wildman–Crippen MR) is 75.1 cm³/mol. The lowest BCUT2D eigenvalue weighted by Gasteiger charge is -2.32. The monoisotopic (exact) mass is 271 g/mol. The molecule has 0 heterocycles. The Hall–Kier alpha value is -1.90. The van der Waals surface area contributed by atoms with E-state index in [1.54, 1.807) is 12.1 Å². The Kier molecular flexibility index (Phi) is 4.07. The Morgan fingerprint density at radius 2 is 1.45 bits per heavy atom. The number of carboxylic acids is 1. The molecule has 1 aromatic carbocycles. The van der Waals surface area contributed by atoms with Gasteiger partial charge in [0, 0.05) is 23.4 Å². The number of aryl methyl sites for hydroxylation is 1. The molecule has 0 amide bonds. The minimum Gasteiger partial charge on any atom is -0.550 e. The average Bonchev–Trinajstić information content (AvgIpc) is 2.41. The van der Waals surface area contributed by atoms with Crippen molar-refractivity contribution in [2.24, 2.45) is 11.8 Å². The van der Waals surface area contributed by atoms with Crippen molar-refractivity contribution in [1.82, 2.24) is 0 Å². The van der Waals surface area contributed by atoms with Gasteiger partial charge in [-0.05, 0) is 33.6 Å². The van der Waals surface area contributed by atoms with Crippen LogP contribution in [-0.4, -0.2) is 11.8 Å². The number of allylic oxidation sites excluding steroid dienone is 2. The Morgan fingerprint density at radius 1 is 0.950 bits per heavy atom. The number of carbonyl (C=O) groups excluding carboxylic acids is 2. The second-order valence-corrected chi connectivity index (χ2v) is 5.73. The molecule has 0 bridgehead atoms. The molecule has 1 aliphatic rings. The highest BCUT2D eigenvalue weighted by Crippen LogP contribution is 2.35. The molecular weight excluding hydrogens is 252 g/mol. The number of aliphatic carboxylic acids is 1. The molecule has 20 heavy (non-hydrogen) atoms. The minimum atomic E-state index is -1.12. The predicted octanol–water partition coefficient (Wildman–Crippen LogP) is 2.29. The highest BCUT2D eigenvalue weighted by atomic mass is 16.4. The van der Waals surface area contributed by atoms with E-state index < -0.39 is 17.8 Å². The zero-order valence-corrected chi connectivity index (χ0v) is 12.1. The molecule has 0 aromatic heterocycles. The van der Waals surface area contributed by atoms with E-state index in [0.717, 1.165) is 16.7 Å². The number of hydrogen-bond acceptors (Lipinski definition) is 3. The lowest BCUT2D eigenvalue weighted by Crippen LogP contribution is -2.41. The van der Waals surface area contributed by atoms with Crippen LogP contribution in [0.15, 0.2) is 35.4 Å². The van der Waals surface area contributed by atoms with Gasteiger partial charge in [0.1, 0.15) is 0 Å². The van der Waals surface area contributed by atoms with E-state index in [9.17, 15) is 14.7 Å². The highest BCUT2D eigenvalue weighted by molar-refractivity contribution is 6.00. The van der Waals surface area contributed by atoms with Crippen molar-refractivity contribution < 1.29 is 14.7 Å². The van der Waals surface area contributed by atoms with Crippen molar-refractivity contribution in [2.45, 2.75) is 33.6 Å². The van der Waals surface area contributed by atoms with Gasteiger partial charge in [-0.15, -0.1) is 0 Å². The Bertz CT molecular complexity index is 566. The van der Waals surface area contributed by atoms with Gasteiger partial charge >= 0.3 is 0 Å². The van der Waals surface area contributed by atoms with Gasteiger partial charge in [-0.1, -0.05) is 41.0 Å². The van der Waals surface area contributed by atoms with Crippen LogP contribution < -0.4 is 5.11 Å². The topological polar surface area (TPSA) is 57.2 Å². The van der Waals surface area contributed by atoms with E-state index in [1.807, 2.05) is 32.9 Å². The zero-order valence-electron chi connectivity index (χ0n) is 12.1. The first-order valence-corrected chi connectivity index (χ1v) is 6.87. The van der Waals surface area contributed by atoms with Crippen molar-refractivity contribution >= 4 is 11.8 Å². The van der Waals surface area contributed by atoms with Crippen LogP contribution in [0, 0.1) is 18.8 Å². The molecule has 0 radical (unpaired) electrons. The second-order valence-electron chi connectivity index (χ2n) is 5.73. The maximum atomic E-state index is 12.6. The molecule has 3 heteroatoms. The van der Waals surface area contributed by atoms with Crippen LogP contribution in [-0.2, 0) is 4.79 Å². The van der Waals surface area contributed by atoms with Gasteiger partial charge in [0.2, 0.25) is 0 Å². The van der Waals surface area contributed by atoms with Crippen LogP contribution in [0.1, 0.15) is 42.6 Å². The summed E-state index contributed by atoms with van der Waals surface area (Å²) >= 11 is 0. The summed E-state index contributed by atoms with van der Waals surface area (Å²) < 4.78 is 0. The van der Waals surface area contributed by atoms with Crippen LogP contribution in [0.3, 0.4) is 0 Å². The summed E-state index contributed by atoms with van der Waals surface area (Å²) in [5, 5.41) is 11.3. The van der Waals surface area contributed by atoms with Crippen molar-refractivity contribution in [3.8, 4) is 0 Å². The first kappa shape index (κ1) is 14.5. The van der Waals surface area contributed by atoms with Crippen molar-refractivity contribution in [3.63, 3.8) is 0 Å². The molecule has 2 unspecified atom stereocenters. The third-order valence-corrected chi connectivity index (χ3v) is 4.24. The maximum absolute atomic E-state index is 12.6. The van der Waals surface area contributed by atoms with E-state index >= 15 is 0 Å². The largest absolute Gasteiger partial charge is 0.550 e. The van der Waals surface area contributed by atoms with E-state index in [2.05, 4.69) is 0 Å². The second kappa shape index (κ2) is 5.61. The third kappa shape index (κ3) is 2.82. The van der Waals surface area contributed by atoms with E-state index in [4.69, 9.17) is 0 Å². The van der Waals surface area contributed by atoms with Crippen LogP contribution in [0.5, 0.6) is 0 Å². The molecule has 0 N–H and O–H groups in total. The van der Waals surface area contributed by atoms with Crippen LogP contribution in [0.25, 0.3) is 0 Å². The van der Waals surface area contributed by atoms with Crippen molar-refractivity contribution in [1.29, 1.82) is 0 Å². The summed E-state index contributed by atoms with van der Waals surface area (Å²) in [5.74, 6) is -2.44. The zero-order chi connectivity index (χ0) is 14.9. The molecule has 0 aliphatic heterocycles. The molecule has 1 aromatic rings. The van der Waals surface area contributed by atoms with Gasteiger partial charge in [-0.2, -0.15) is 0 Å². The average molecular weight is 271 g/mol. The summed E-state index contributed by atoms with van der Waals surface area (Å²) in [7, 11) is 0. The quantitative estimate of drug-likeness (QED) is 0.626. The summed E-state index contributed by atoms with van der Waals surface area (Å²) in [6.45, 7) is 5.85. The van der Waals surface area contributed by atoms with E-state index in [0.29, 0.717) is 18.4 Å². The number of rotatable bonds is 3. The van der Waals surface area contributed by atoms with Crippen molar-refractivity contribution in [2.75, 3.05) is 0 Å². The summed E-state index contributed by atoms with van der Waals surface area (Å²) in [6, 6.07) is 7.28. The van der Waals surface area contributed by atoms with Gasteiger partial charge in [-0.25, -0.2) is 0 Å². The summed E-state index contributed by atoms with van der Waals surface area (Å²) in [4.78, 5) is 23.9. The minimum absolute atomic E-state index is 0.0916. The normalized spacial score (nSPS) is 22.8. The Morgan fingerprint density at radius 3 is 1.95 bits per heavy atom. The third-order valence-electron chi connectivity index (χ3n) is 4.24. The van der Waals surface area contributed by atoms with Gasteiger partial charge in [0.15, 0.2) is 5.78 Å². The maximum Gasteiger partial charge on any atom is 0.166 e. The standard InChI is InChI=1S/C17H20O3/c1-10-4-6-13(7-5-10)16(18)14-8-11(2)12(3)9-15(14)17(19)20/h4-7,14-15H,8-9H2,1-3H3,(H,19,20)/p-1. The molecule has 0 fully saturated rings. The fourth-order valence-corrected chi connectivity index (χ4v) is 2.75. The van der Waals surface area contributed by atoms with Gasteiger partial charge in [-0.3, -0.25) is 4.79 Å². The van der Waals surface area contributed by atoms with E-state index in [-0.39, 0.29) is 5.78 Å². The number of carboxylic acid groups (broad SMARTS) is 1. The molecule has 106 valence electrons. The fraction of sp³-hybridized carbons (Fsp3) is 0.412. The van der Waals surface area contributed by atoms with Crippen LogP contribution >= 0.6 is 0 Å². The molecular formula is C17H19O3-. The number of carbonyl (C=O) groups is 2. The molecule has 0 spiro atoms. The van der Waals surface area contributed by atoms with Crippen LogP contribution in [0.4, 0.5) is 0 Å². The fourth-order valence-electron chi connectivity index (χ4n) is 2.75. The van der Waals surface area contributed by atoms with Gasteiger partial charge in [0.25, 0.3) is 0 Å². The molecule has 2 rings (SSSR count). The molecule has 2 atom stereocenters. The van der Waals surface area contributed by atoms with E-state index in [1.165, 1.54) is 0 Å². The summed E-state index contributed by atoms with van der Waals surface area (Å²) in [5.41, 5.74) is 3.84. The number of hydrogen-bond donors (Lipinski definition) is 0. The summed E-state index contributed by atoms with van der Waals surface area (Å²) in [6.07, 6.45) is 0.924. The smallest absolute Gasteiger partial charge is 0.166 e. The number of Topliss-reactive ketones (excluding diaryl/α,β-unsaturated/α-hetero) is 1. The SMILES string of the molecule is CC1=C(C)CC(C(=O)c2ccc(C)cc2)C(C(=O)[O-])C1. The molecule has 0 saturated carbocycles. The van der Waals surface area contributed by atoms with Gasteiger partial charge < -0.3 is 9.90 Å². The lowest BCUT2D eigenvalue weighted by atomic mass is 9.73. The molecule has 1 aliphatic carbocycles. The lowest BCUT2D eigenvalue weighted by molar-refractivity contribution is -0.313. The highest BCUT2D eigenvalue weighted by Gasteiger charge is 2.33. The first-order valence-electron chi connectivity index (χ1n) is 6.87. The van der Waals surface area contributed by atoms with Crippen molar-refractivity contribution in [3.05, 3.63) is 46.5 Å². The van der Waals surface area contributed by atoms with Gasteiger partial charge in [0.05, 0.1) is 0 Å². The Balaban J connectivity index is 2.31. The molecule has 0 saturated heterocycles. The Labute approximate surface area is 119 Å².